The Kier molecular flexibility index (Phi) is 3.44. The number of rotatable bonds is 2. The molecule has 4 nitrogen and oxygen atoms in total. The molecule has 0 bridgehead atoms. The number of amides is 1. The summed E-state index contributed by atoms with van der Waals surface area (Å²) in [4.78, 5) is 17.3. The molecule has 0 aromatic heterocycles. The Bertz CT molecular complexity index is 296. The second kappa shape index (κ2) is 4.38. The highest BCUT2D eigenvalue weighted by molar-refractivity contribution is 8.26. The zero-order chi connectivity index (χ0) is 9.84. The van der Waals surface area contributed by atoms with Crippen LogP contribution in [0, 0.1) is 0 Å². The molecule has 1 saturated heterocycles. The van der Waals surface area contributed by atoms with Crippen LogP contribution in [0.15, 0.2) is 16.1 Å². The highest BCUT2D eigenvalue weighted by atomic mass is 32.2. The van der Waals surface area contributed by atoms with Crippen molar-refractivity contribution in [2.24, 2.45) is 4.99 Å². The van der Waals surface area contributed by atoms with Crippen molar-refractivity contribution in [3.63, 3.8) is 0 Å². The van der Waals surface area contributed by atoms with Crippen LogP contribution in [0.3, 0.4) is 0 Å². The van der Waals surface area contributed by atoms with Crippen LogP contribution < -0.4 is 5.32 Å². The average molecular weight is 215 g/mol. The lowest BCUT2D eigenvalue weighted by atomic mass is 10.5. The Morgan fingerprint density at radius 1 is 1.62 bits per heavy atom. The lowest BCUT2D eigenvalue weighted by Crippen LogP contribution is -2.17. The second-order valence-corrected chi connectivity index (χ2v) is 4.28. The lowest BCUT2D eigenvalue weighted by molar-refractivity contribution is -0.115. The molecule has 1 amide bonds. The van der Waals surface area contributed by atoms with Gasteiger partial charge in [-0.15, -0.1) is 0 Å². The third-order valence-corrected chi connectivity index (χ3v) is 2.28. The molecular formula is C7H9N3OS2. The number of thioether (sulfide) groups is 1. The Morgan fingerprint density at radius 2 is 2.31 bits per heavy atom. The van der Waals surface area contributed by atoms with Crippen LogP contribution >= 0.6 is 24.0 Å². The summed E-state index contributed by atoms with van der Waals surface area (Å²) in [5.74, 6) is -0.175. The molecule has 1 heterocycles. The Balaban J connectivity index is 2.62. The van der Waals surface area contributed by atoms with E-state index in [2.05, 4.69) is 10.3 Å². The topological polar surface area (TPSA) is 44.7 Å². The van der Waals surface area contributed by atoms with Crippen molar-refractivity contribution in [3.05, 3.63) is 11.1 Å². The maximum absolute atomic E-state index is 11.1. The zero-order valence-electron chi connectivity index (χ0n) is 7.27. The highest BCUT2D eigenvalue weighted by Crippen LogP contribution is 2.22. The molecule has 1 fully saturated rings. The van der Waals surface area contributed by atoms with Crippen LogP contribution in [0.2, 0.25) is 0 Å². The number of carbonyl (C=O) groups excluding carboxylic acids is 1. The molecule has 1 N–H and O–H groups in total. The minimum Gasteiger partial charge on any atom is -0.369 e. The number of nitrogens with zero attached hydrogens (tertiary/aromatic N) is 2. The summed E-state index contributed by atoms with van der Waals surface area (Å²) in [6.07, 6.45) is 3.11. The van der Waals surface area contributed by atoms with E-state index in [9.17, 15) is 4.79 Å². The van der Waals surface area contributed by atoms with Gasteiger partial charge in [0.05, 0.1) is 11.2 Å². The summed E-state index contributed by atoms with van der Waals surface area (Å²) in [6.45, 7) is 0. The van der Waals surface area contributed by atoms with E-state index < -0.39 is 0 Å². The number of hydrogen-bond acceptors (Lipinski definition) is 4. The third-order valence-electron chi connectivity index (χ3n) is 1.13. The maximum Gasteiger partial charge on any atom is 0.265 e. The highest BCUT2D eigenvalue weighted by Gasteiger charge is 2.21. The van der Waals surface area contributed by atoms with Gasteiger partial charge in [0.15, 0.2) is 0 Å². The van der Waals surface area contributed by atoms with Gasteiger partial charge in [-0.05, 0) is 0 Å². The van der Waals surface area contributed by atoms with Gasteiger partial charge in [0.2, 0.25) is 0 Å². The van der Waals surface area contributed by atoms with Crippen LogP contribution in [-0.2, 0) is 4.79 Å². The Hall–Kier alpha value is -0.880. The largest absolute Gasteiger partial charge is 0.369 e. The summed E-state index contributed by atoms with van der Waals surface area (Å²) < 4.78 is 0.483. The van der Waals surface area contributed by atoms with Crippen molar-refractivity contribution in [3.8, 4) is 0 Å². The van der Waals surface area contributed by atoms with E-state index in [4.69, 9.17) is 12.2 Å². The van der Waals surface area contributed by atoms with Crippen molar-refractivity contribution in [2.75, 3.05) is 14.1 Å². The van der Waals surface area contributed by atoms with E-state index in [0.717, 1.165) is 0 Å². The minimum atomic E-state index is -0.175. The standard InChI is InChI=1S/C7H9N3OS2/c1-10(2)4-8-3-5-6(11)9-7(12)13-5/h3-4H,1-2H3,(H,9,11,12)/b5-3+,8-4?. The van der Waals surface area contributed by atoms with Crippen LogP contribution in [0.1, 0.15) is 0 Å². The quantitative estimate of drug-likeness (QED) is 0.316. The molecule has 0 saturated carbocycles. The van der Waals surface area contributed by atoms with Crippen molar-refractivity contribution in [2.45, 2.75) is 0 Å². The van der Waals surface area contributed by atoms with Gasteiger partial charge in [-0.1, -0.05) is 24.0 Å². The first-order valence-corrected chi connectivity index (χ1v) is 4.75. The third kappa shape index (κ3) is 3.16. The number of carbonyl (C=O) groups is 1. The fraction of sp³-hybridized carbons (Fsp3) is 0.286. The molecule has 0 atom stereocenters. The van der Waals surface area contributed by atoms with E-state index >= 15 is 0 Å². The molecule has 0 aliphatic carbocycles. The molecule has 0 aromatic rings. The summed E-state index contributed by atoms with van der Waals surface area (Å²) in [7, 11) is 3.71. The molecule has 0 spiro atoms. The van der Waals surface area contributed by atoms with Crippen LogP contribution in [0.25, 0.3) is 0 Å². The van der Waals surface area contributed by atoms with Crippen LogP contribution in [0.4, 0.5) is 0 Å². The lowest BCUT2D eigenvalue weighted by Gasteiger charge is -1.99. The summed E-state index contributed by atoms with van der Waals surface area (Å²) in [5.41, 5.74) is 0. The number of aliphatic imine (C=N–C) groups is 1. The first-order valence-electron chi connectivity index (χ1n) is 3.52. The minimum absolute atomic E-state index is 0.175. The molecule has 0 radical (unpaired) electrons. The molecule has 13 heavy (non-hydrogen) atoms. The Labute approximate surface area is 86.1 Å². The Morgan fingerprint density at radius 3 is 2.77 bits per heavy atom. The molecule has 0 aromatic carbocycles. The maximum atomic E-state index is 11.1. The van der Waals surface area contributed by atoms with E-state index in [0.29, 0.717) is 9.23 Å². The number of thiocarbonyl (C=S) groups is 1. The molecule has 1 rings (SSSR count). The van der Waals surface area contributed by atoms with Crippen molar-refractivity contribution in [1.82, 2.24) is 10.2 Å². The molecule has 0 unspecified atom stereocenters. The van der Waals surface area contributed by atoms with Crippen LogP contribution in [-0.4, -0.2) is 35.6 Å². The molecule has 1 aliphatic rings. The summed E-state index contributed by atoms with van der Waals surface area (Å²) >= 11 is 6.03. The number of nitrogens with one attached hydrogen (secondary N) is 1. The normalized spacial score (nSPS) is 20.0. The SMILES string of the molecule is CN(C)C=N/C=C1/SC(=S)NC1=O. The summed E-state index contributed by atoms with van der Waals surface area (Å²) in [5, 5.41) is 2.50. The predicted octanol–water partition coefficient (Wildman–Crippen LogP) is 0.566. The monoisotopic (exact) mass is 215 g/mol. The van der Waals surface area contributed by atoms with Gasteiger partial charge in [-0.2, -0.15) is 0 Å². The second-order valence-electron chi connectivity index (χ2n) is 2.57. The molecule has 6 heteroatoms. The first kappa shape index (κ1) is 10.2. The van der Waals surface area contributed by atoms with Crippen molar-refractivity contribution in [1.29, 1.82) is 0 Å². The van der Waals surface area contributed by atoms with E-state index in [1.54, 1.807) is 11.2 Å². The van der Waals surface area contributed by atoms with Gasteiger partial charge >= 0.3 is 0 Å². The van der Waals surface area contributed by atoms with E-state index in [1.807, 2.05) is 14.1 Å². The average Bonchev–Trinajstić information content (AvgIpc) is 2.29. The van der Waals surface area contributed by atoms with Crippen LogP contribution in [0.5, 0.6) is 0 Å². The smallest absolute Gasteiger partial charge is 0.265 e. The molecular weight excluding hydrogens is 206 g/mol. The van der Waals surface area contributed by atoms with Gasteiger partial charge in [0.25, 0.3) is 5.91 Å². The zero-order valence-corrected chi connectivity index (χ0v) is 8.91. The van der Waals surface area contributed by atoms with Gasteiger partial charge in [-0.3, -0.25) is 4.79 Å². The molecule has 1 aliphatic heterocycles. The molecule has 70 valence electrons. The van der Waals surface area contributed by atoms with Crippen molar-refractivity contribution < 1.29 is 4.79 Å². The van der Waals surface area contributed by atoms with Gasteiger partial charge in [-0.25, -0.2) is 4.99 Å². The summed E-state index contributed by atoms with van der Waals surface area (Å²) in [6, 6.07) is 0. The van der Waals surface area contributed by atoms with Gasteiger partial charge in [0, 0.05) is 20.3 Å². The first-order chi connectivity index (χ1) is 6.09. The fourth-order valence-electron chi connectivity index (χ4n) is 0.645. The number of hydrogen-bond donors (Lipinski definition) is 1. The van der Waals surface area contributed by atoms with Gasteiger partial charge < -0.3 is 10.2 Å². The van der Waals surface area contributed by atoms with Gasteiger partial charge in [0.1, 0.15) is 4.32 Å². The van der Waals surface area contributed by atoms with Crippen molar-refractivity contribution >= 4 is 40.5 Å². The van der Waals surface area contributed by atoms with E-state index in [1.165, 1.54) is 18.0 Å². The predicted molar refractivity (Wildman–Crippen MR) is 58.6 cm³/mol. The van der Waals surface area contributed by atoms with E-state index in [-0.39, 0.29) is 5.91 Å². The fourth-order valence-corrected chi connectivity index (χ4v) is 1.61.